The minimum atomic E-state index is -1.49. The van der Waals surface area contributed by atoms with Crippen LogP contribution in [0.15, 0.2) is 96.2 Å². The summed E-state index contributed by atoms with van der Waals surface area (Å²) in [4.78, 5) is 34.6. The third-order valence-electron chi connectivity index (χ3n) is 13.8. The first-order chi connectivity index (χ1) is 33.3. The molecule has 0 radical (unpaired) electrons. The number of hydrogen-bond donors (Lipinski definition) is 2. The van der Waals surface area contributed by atoms with Crippen LogP contribution in [-0.2, 0) is 20.9 Å². The number of allylic oxidation sites excluding steroid dienone is 1. The SMILES string of the molecule is C=CCOC12Oc3ccc(Oc4cccc([N+](=O)[O-])c4)cc3C3C(CCCCO)C(CCCCO)C=C(C(=NOC(C)(C)C)CC1N(Cc1ccc(F)cc1)C(=O)CCCCCCCCCCC)C32. The summed E-state index contributed by atoms with van der Waals surface area (Å²) in [5.41, 5.74) is 2.46. The van der Waals surface area contributed by atoms with Crippen molar-refractivity contribution in [3.05, 3.63) is 118 Å². The molecule has 0 bridgehead atoms. The Morgan fingerprint density at radius 1 is 0.928 bits per heavy atom. The first kappa shape index (κ1) is 53.2. The number of unbranched alkanes of at least 4 members (excludes halogenated alkanes) is 10. The van der Waals surface area contributed by atoms with E-state index in [0.717, 1.165) is 61.6 Å². The molecule has 3 aromatic carbocycles. The van der Waals surface area contributed by atoms with Crippen molar-refractivity contribution in [3.63, 3.8) is 0 Å². The maximum atomic E-state index is 15.2. The summed E-state index contributed by atoms with van der Waals surface area (Å²) in [6.45, 7) is 12.5. The Morgan fingerprint density at radius 2 is 1.61 bits per heavy atom. The molecule has 376 valence electrons. The van der Waals surface area contributed by atoms with Crippen molar-refractivity contribution in [3.8, 4) is 17.2 Å². The minimum Gasteiger partial charge on any atom is -0.459 e. The first-order valence-corrected chi connectivity index (χ1v) is 25.5. The van der Waals surface area contributed by atoms with Crippen LogP contribution in [0.4, 0.5) is 10.1 Å². The average molecular weight is 954 g/mol. The van der Waals surface area contributed by atoms with Gasteiger partial charge in [0.2, 0.25) is 11.7 Å². The monoisotopic (exact) mass is 954 g/mol. The number of fused-ring (bicyclic) bond motifs is 2. The zero-order valence-corrected chi connectivity index (χ0v) is 41.4. The summed E-state index contributed by atoms with van der Waals surface area (Å²) in [6, 6.07) is 17.2. The lowest BCUT2D eigenvalue weighted by atomic mass is 9.55. The number of aliphatic hydroxyl groups excluding tert-OH is 2. The third kappa shape index (κ3) is 14.0. The Morgan fingerprint density at radius 3 is 2.28 bits per heavy atom. The predicted molar refractivity (Wildman–Crippen MR) is 268 cm³/mol. The number of nitro groups is 1. The Hall–Kier alpha value is -5.11. The number of hydrogen-bond acceptors (Lipinski definition) is 10. The van der Waals surface area contributed by atoms with Crippen LogP contribution < -0.4 is 9.47 Å². The van der Waals surface area contributed by atoms with E-state index in [1.807, 2.05) is 37.8 Å². The number of nitro benzene ring substituents is 1. The number of ether oxygens (including phenoxy) is 3. The van der Waals surface area contributed by atoms with E-state index in [2.05, 4.69) is 19.6 Å². The van der Waals surface area contributed by atoms with Gasteiger partial charge in [0.1, 0.15) is 34.7 Å². The lowest BCUT2D eigenvalue weighted by Crippen LogP contribution is -2.70. The number of carbonyl (C=O) groups is 1. The van der Waals surface area contributed by atoms with E-state index in [1.54, 1.807) is 36.4 Å². The second-order valence-electron chi connectivity index (χ2n) is 20.1. The van der Waals surface area contributed by atoms with Crippen LogP contribution >= 0.6 is 0 Å². The summed E-state index contributed by atoms with van der Waals surface area (Å²) < 4.78 is 35.5. The highest BCUT2D eigenvalue weighted by atomic mass is 19.1. The smallest absolute Gasteiger partial charge is 0.273 e. The number of aliphatic hydroxyl groups is 2. The van der Waals surface area contributed by atoms with Gasteiger partial charge in [0.25, 0.3) is 5.69 Å². The fourth-order valence-corrected chi connectivity index (χ4v) is 10.6. The Kier molecular flexibility index (Phi) is 19.8. The summed E-state index contributed by atoms with van der Waals surface area (Å²) in [6.07, 6.45) is 18.8. The topological polar surface area (TPSA) is 153 Å². The van der Waals surface area contributed by atoms with Crippen LogP contribution in [0.3, 0.4) is 0 Å². The maximum Gasteiger partial charge on any atom is 0.273 e. The number of amides is 1. The molecule has 0 spiro atoms. The third-order valence-corrected chi connectivity index (χ3v) is 13.8. The lowest BCUT2D eigenvalue weighted by Gasteiger charge is -2.60. The molecule has 1 aliphatic heterocycles. The van der Waals surface area contributed by atoms with Gasteiger partial charge in [-0.15, -0.1) is 6.58 Å². The van der Waals surface area contributed by atoms with Crippen molar-refractivity contribution in [1.82, 2.24) is 4.90 Å². The number of non-ortho nitro benzene ring substituents is 1. The van der Waals surface area contributed by atoms with E-state index in [0.29, 0.717) is 48.6 Å². The van der Waals surface area contributed by atoms with Gasteiger partial charge in [-0.2, -0.15) is 0 Å². The molecule has 1 amide bonds. The number of rotatable bonds is 28. The van der Waals surface area contributed by atoms with E-state index in [9.17, 15) is 24.7 Å². The highest BCUT2D eigenvalue weighted by Crippen LogP contribution is 2.62. The van der Waals surface area contributed by atoms with Crippen LogP contribution in [0, 0.1) is 33.7 Å². The first-order valence-electron chi connectivity index (χ1n) is 25.5. The second kappa shape index (κ2) is 25.7. The van der Waals surface area contributed by atoms with Crippen molar-refractivity contribution in [1.29, 1.82) is 0 Å². The molecule has 2 N–H and O–H groups in total. The predicted octanol–water partition coefficient (Wildman–Crippen LogP) is 12.9. The number of carbonyl (C=O) groups excluding carboxylic acids is 1. The highest BCUT2D eigenvalue weighted by molar-refractivity contribution is 6.03. The standard InChI is InChI=1S/C56H76FN3O9/c1-6-8-9-10-11-12-13-14-15-25-52(63)59(39-40-26-28-42(57)29-27-40)51-38-49(58-69-55(3,4)5)47-35-41(21-16-18-32-61)46(24-17-19-33-62)53-48-37-45(67-44-23-20-22-43(36-44)60(64)65)30-31-50(48)68-56(51,54(47)53)66-34-7-2/h7,20,22-23,26-31,35-37,41,46,51,53-54,61-62H,2,6,8-19,21,24-25,32-34,38-39H2,1,3-5H3. The molecule has 6 unspecified atom stereocenters. The normalized spacial score (nSPS) is 22.2. The molecular formula is C56H76FN3O9. The molecule has 6 atom stereocenters. The van der Waals surface area contributed by atoms with Crippen LogP contribution in [0.5, 0.6) is 17.2 Å². The van der Waals surface area contributed by atoms with E-state index >= 15 is 4.79 Å². The summed E-state index contributed by atoms with van der Waals surface area (Å²) in [7, 11) is 0. The fraction of sp³-hybridized carbons (Fsp3) is 0.571. The van der Waals surface area contributed by atoms with Gasteiger partial charge in [0.05, 0.1) is 29.2 Å². The largest absolute Gasteiger partial charge is 0.459 e. The lowest BCUT2D eigenvalue weighted by molar-refractivity contribution is -0.384. The molecule has 69 heavy (non-hydrogen) atoms. The van der Waals surface area contributed by atoms with E-state index in [1.165, 1.54) is 56.4 Å². The van der Waals surface area contributed by atoms with Crippen LogP contribution in [-0.4, -0.2) is 68.9 Å². The van der Waals surface area contributed by atoms with Gasteiger partial charge >= 0.3 is 0 Å². The summed E-state index contributed by atoms with van der Waals surface area (Å²) >= 11 is 0. The Bertz CT molecular complexity index is 2210. The van der Waals surface area contributed by atoms with Gasteiger partial charge in [-0.05, 0) is 112 Å². The molecule has 12 nitrogen and oxygen atoms in total. The number of oxime groups is 1. The molecule has 0 aromatic heterocycles. The van der Waals surface area contributed by atoms with Gasteiger partial charge in [-0.25, -0.2) is 4.39 Å². The van der Waals surface area contributed by atoms with E-state index in [4.69, 9.17) is 24.2 Å². The Balaban J connectivity index is 1.53. The fourth-order valence-electron chi connectivity index (χ4n) is 10.6. The van der Waals surface area contributed by atoms with Crippen molar-refractivity contribution in [2.75, 3.05) is 19.8 Å². The van der Waals surface area contributed by atoms with Crippen molar-refractivity contribution in [2.24, 2.45) is 22.9 Å². The molecule has 2 aliphatic carbocycles. The van der Waals surface area contributed by atoms with Gasteiger partial charge < -0.3 is 34.2 Å². The number of nitrogens with zero attached hydrogens (tertiary/aromatic N) is 3. The van der Waals surface area contributed by atoms with Gasteiger partial charge in [-0.3, -0.25) is 14.9 Å². The quantitative estimate of drug-likeness (QED) is 0.0313. The van der Waals surface area contributed by atoms with E-state index in [-0.39, 0.29) is 68.0 Å². The molecule has 1 saturated carbocycles. The van der Waals surface area contributed by atoms with Crippen LogP contribution in [0.25, 0.3) is 0 Å². The van der Waals surface area contributed by atoms with Gasteiger partial charge in [0, 0.05) is 50.1 Å². The molecule has 13 heteroatoms. The zero-order valence-electron chi connectivity index (χ0n) is 41.4. The molecule has 3 aromatic rings. The number of halogens is 1. The van der Waals surface area contributed by atoms with Crippen molar-refractivity contribution >= 4 is 17.3 Å². The molecule has 3 aliphatic rings. The average Bonchev–Trinajstić information content (AvgIpc) is 3.33. The molecule has 1 fully saturated rings. The zero-order chi connectivity index (χ0) is 49.4. The van der Waals surface area contributed by atoms with Crippen LogP contribution in [0.1, 0.15) is 154 Å². The van der Waals surface area contributed by atoms with Gasteiger partial charge in [0.15, 0.2) is 0 Å². The second-order valence-corrected chi connectivity index (χ2v) is 20.1. The summed E-state index contributed by atoms with van der Waals surface area (Å²) in [5, 5.41) is 36.7. The van der Waals surface area contributed by atoms with Crippen molar-refractivity contribution < 1.29 is 43.4 Å². The van der Waals surface area contributed by atoms with E-state index < -0.39 is 28.3 Å². The Labute approximate surface area is 409 Å². The highest BCUT2D eigenvalue weighted by Gasteiger charge is 2.65. The molecule has 6 rings (SSSR count). The van der Waals surface area contributed by atoms with Crippen molar-refractivity contribution in [2.45, 2.75) is 167 Å². The van der Waals surface area contributed by atoms with Crippen LogP contribution in [0.2, 0.25) is 0 Å². The summed E-state index contributed by atoms with van der Waals surface area (Å²) in [5.74, 6) is -1.48. The molecular weight excluding hydrogens is 878 g/mol. The minimum absolute atomic E-state index is 0.0101. The number of benzene rings is 3. The molecule has 1 heterocycles. The van der Waals surface area contributed by atoms with Gasteiger partial charge in [-0.1, -0.05) is 107 Å². The molecule has 0 saturated heterocycles. The maximum absolute atomic E-state index is 15.2.